The molecule has 0 aromatic heterocycles. The molecule has 0 bridgehead atoms. The number of phenolic OH excluding ortho intramolecular Hbond substituents is 1. The molecule has 6 heteroatoms. The van der Waals surface area contributed by atoms with Crippen molar-refractivity contribution in [3.05, 3.63) is 107 Å². The Bertz CT molecular complexity index is 1340. The van der Waals surface area contributed by atoms with Crippen molar-refractivity contribution in [1.29, 1.82) is 0 Å². The summed E-state index contributed by atoms with van der Waals surface area (Å²) in [7, 11) is 0. The second-order valence-corrected chi connectivity index (χ2v) is 9.11. The average Bonchev–Trinajstić information content (AvgIpc) is 2.97. The van der Waals surface area contributed by atoms with Crippen LogP contribution in [0.25, 0.3) is 11.1 Å². The van der Waals surface area contributed by atoms with Gasteiger partial charge in [-0.15, -0.1) is 0 Å². The van der Waals surface area contributed by atoms with Gasteiger partial charge in [0.15, 0.2) is 0 Å². The molecule has 0 unspecified atom stereocenters. The highest BCUT2D eigenvalue weighted by Crippen LogP contribution is 2.40. The first-order valence-electron chi connectivity index (χ1n) is 11.0. The van der Waals surface area contributed by atoms with E-state index >= 15 is 0 Å². The van der Waals surface area contributed by atoms with Gasteiger partial charge in [-0.3, -0.25) is 4.79 Å². The van der Waals surface area contributed by atoms with E-state index in [2.05, 4.69) is 0 Å². The molecule has 0 saturated heterocycles. The van der Waals surface area contributed by atoms with Crippen molar-refractivity contribution in [2.45, 2.75) is 13.0 Å². The summed E-state index contributed by atoms with van der Waals surface area (Å²) in [4.78, 5) is 17.1. The fraction of sp³-hybridized carbons (Fsp3) is 0.107. The second-order valence-electron chi connectivity index (χ2n) is 8.24. The number of nitrogens with zero attached hydrogens (tertiary/aromatic N) is 2. The van der Waals surface area contributed by atoms with Crippen LogP contribution < -0.4 is 9.80 Å². The summed E-state index contributed by atoms with van der Waals surface area (Å²) < 4.78 is 0. The molecule has 0 spiro atoms. The minimum atomic E-state index is 0.0299. The minimum Gasteiger partial charge on any atom is -0.508 e. The first-order valence-corrected chi connectivity index (χ1v) is 11.7. The molecule has 4 aromatic rings. The van der Waals surface area contributed by atoms with Crippen molar-refractivity contribution in [1.82, 2.24) is 0 Å². The first-order chi connectivity index (χ1) is 16.5. The van der Waals surface area contributed by atoms with Crippen LogP contribution in [0.5, 0.6) is 5.75 Å². The fourth-order valence-corrected chi connectivity index (χ4v) is 4.59. The number of rotatable bonds is 4. The summed E-state index contributed by atoms with van der Waals surface area (Å²) in [6.07, 6.45) is 0.346. The zero-order chi connectivity index (χ0) is 23.7. The summed E-state index contributed by atoms with van der Waals surface area (Å²) in [5.74, 6) is 0.181. The Morgan fingerprint density at radius 1 is 0.765 bits per heavy atom. The Hall–Kier alpha value is -3.47. The molecule has 5 rings (SSSR count). The van der Waals surface area contributed by atoms with Gasteiger partial charge in [-0.1, -0.05) is 59.6 Å². The molecule has 0 saturated carbocycles. The van der Waals surface area contributed by atoms with E-state index in [1.807, 2.05) is 77.7 Å². The number of aromatic hydroxyl groups is 1. The lowest BCUT2D eigenvalue weighted by atomic mass is 10.0. The van der Waals surface area contributed by atoms with Gasteiger partial charge in [0, 0.05) is 34.8 Å². The third kappa shape index (κ3) is 4.60. The number of benzene rings is 4. The number of phenols is 1. The fourth-order valence-electron chi connectivity index (χ4n) is 4.27. The molecule has 0 radical (unpaired) electrons. The van der Waals surface area contributed by atoms with Crippen molar-refractivity contribution in [3.63, 3.8) is 0 Å². The Morgan fingerprint density at radius 3 is 2.26 bits per heavy atom. The van der Waals surface area contributed by atoms with Gasteiger partial charge in [-0.05, 0) is 65.2 Å². The van der Waals surface area contributed by atoms with E-state index in [9.17, 15) is 9.90 Å². The van der Waals surface area contributed by atoms with E-state index in [0.717, 1.165) is 33.8 Å². The van der Waals surface area contributed by atoms with Gasteiger partial charge in [-0.2, -0.15) is 0 Å². The quantitative estimate of drug-likeness (QED) is 0.324. The molecule has 0 aliphatic carbocycles. The highest BCUT2D eigenvalue weighted by Gasteiger charge is 2.27. The van der Waals surface area contributed by atoms with Crippen LogP contribution in [0.1, 0.15) is 12.0 Å². The minimum absolute atomic E-state index is 0.0299. The molecule has 1 amide bonds. The summed E-state index contributed by atoms with van der Waals surface area (Å²) in [6.45, 7) is 0.933. The van der Waals surface area contributed by atoms with Gasteiger partial charge < -0.3 is 14.9 Å². The number of carbonyl (C=O) groups is 1. The molecular formula is C28H22Cl2N2O2. The van der Waals surface area contributed by atoms with Gasteiger partial charge in [0.2, 0.25) is 5.91 Å². The van der Waals surface area contributed by atoms with Crippen LogP contribution in [0.2, 0.25) is 10.0 Å². The van der Waals surface area contributed by atoms with E-state index in [0.29, 0.717) is 29.6 Å². The number of fused-ring (bicyclic) bond motifs is 1. The Kier molecular flexibility index (Phi) is 6.18. The number of carbonyl (C=O) groups excluding carboxylic acids is 1. The molecule has 0 fully saturated rings. The van der Waals surface area contributed by atoms with Gasteiger partial charge in [0.05, 0.1) is 17.9 Å². The number of amides is 1. The number of hydrogen-bond acceptors (Lipinski definition) is 3. The molecule has 1 aliphatic rings. The van der Waals surface area contributed by atoms with E-state index in [-0.39, 0.29) is 11.7 Å². The summed E-state index contributed by atoms with van der Waals surface area (Å²) in [5.41, 5.74) is 5.57. The molecule has 1 heterocycles. The Labute approximate surface area is 208 Å². The third-order valence-electron chi connectivity index (χ3n) is 5.98. The third-order valence-corrected chi connectivity index (χ3v) is 6.47. The lowest BCUT2D eigenvalue weighted by Gasteiger charge is -2.27. The lowest BCUT2D eigenvalue weighted by molar-refractivity contribution is -0.118. The highest BCUT2D eigenvalue weighted by atomic mass is 35.5. The summed E-state index contributed by atoms with van der Waals surface area (Å²) in [6, 6.07) is 28.5. The van der Waals surface area contributed by atoms with Crippen LogP contribution in [0.3, 0.4) is 0 Å². The van der Waals surface area contributed by atoms with Crippen LogP contribution in [-0.2, 0) is 11.3 Å². The smallest absolute Gasteiger partial charge is 0.229 e. The summed E-state index contributed by atoms with van der Waals surface area (Å²) in [5, 5.41) is 11.6. The van der Waals surface area contributed by atoms with Gasteiger partial charge in [0.1, 0.15) is 5.75 Å². The number of halogens is 2. The van der Waals surface area contributed by atoms with Gasteiger partial charge in [0.25, 0.3) is 0 Å². The zero-order valence-corrected chi connectivity index (χ0v) is 19.8. The van der Waals surface area contributed by atoms with Crippen LogP contribution in [0.4, 0.5) is 17.1 Å². The van der Waals surface area contributed by atoms with Gasteiger partial charge >= 0.3 is 0 Å². The zero-order valence-electron chi connectivity index (χ0n) is 18.3. The van der Waals surface area contributed by atoms with Crippen molar-refractivity contribution in [2.24, 2.45) is 0 Å². The van der Waals surface area contributed by atoms with Crippen molar-refractivity contribution in [3.8, 4) is 16.9 Å². The van der Waals surface area contributed by atoms with Gasteiger partial charge in [-0.25, -0.2) is 0 Å². The van der Waals surface area contributed by atoms with Crippen LogP contribution in [-0.4, -0.2) is 17.6 Å². The van der Waals surface area contributed by atoms with Crippen LogP contribution in [0, 0.1) is 0 Å². The predicted molar refractivity (Wildman–Crippen MR) is 139 cm³/mol. The molecule has 170 valence electrons. The van der Waals surface area contributed by atoms with E-state index in [4.69, 9.17) is 23.2 Å². The Morgan fingerprint density at radius 2 is 1.53 bits per heavy atom. The van der Waals surface area contributed by atoms with E-state index < -0.39 is 0 Å². The monoisotopic (exact) mass is 488 g/mol. The molecular weight excluding hydrogens is 467 g/mol. The molecule has 1 aliphatic heterocycles. The van der Waals surface area contributed by atoms with Crippen molar-refractivity contribution < 1.29 is 9.90 Å². The maximum Gasteiger partial charge on any atom is 0.229 e. The standard InChI is InChI=1S/C28H22Cl2N2O2/c29-22-8-10-24(11-9-22)31-15-14-28(34)32(26-13-12-25(33)17-27(26)31)18-19-4-6-20(7-5-19)21-2-1-3-23(30)16-21/h1-13,16-17,33H,14-15,18H2. The van der Waals surface area contributed by atoms with E-state index in [1.165, 1.54) is 0 Å². The molecule has 4 aromatic carbocycles. The first kappa shape index (κ1) is 22.3. The largest absolute Gasteiger partial charge is 0.508 e. The number of anilines is 3. The van der Waals surface area contributed by atoms with Crippen molar-refractivity contribution in [2.75, 3.05) is 16.3 Å². The van der Waals surface area contributed by atoms with E-state index in [1.54, 1.807) is 23.1 Å². The maximum atomic E-state index is 13.2. The SMILES string of the molecule is O=C1CCN(c2ccc(Cl)cc2)c2cc(O)ccc2N1Cc1ccc(-c2cccc(Cl)c2)cc1. The topological polar surface area (TPSA) is 43.8 Å². The molecule has 4 nitrogen and oxygen atoms in total. The second kappa shape index (κ2) is 9.41. The van der Waals surface area contributed by atoms with Crippen LogP contribution >= 0.6 is 23.2 Å². The molecule has 0 atom stereocenters. The van der Waals surface area contributed by atoms with Crippen molar-refractivity contribution >= 4 is 46.2 Å². The molecule has 34 heavy (non-hydrogen) atoms. The Balaban J connectivity index is 1.47. The maximum absolute atomic E-state index is 13.2. The average molecular weight is 489 g/mol. The lowest BCUT2D eigenvalue weighted by Crippen LogP contribution is -2.29. The molecule has 1 N–H and O–H groups in total. The number of hydrogen-bond donors (Lipinski definition) is 1. The van der Waals surface area contributed by atoms with Crippen LogP contribution in [0.15, 0.2) is 91.0 Å². The predicted octanol–water partition coefficient (Wildman–Crippen LogP) is 7.44. The highest BCUT2D eigenvalue weighted by molar-refractivity contribution is 6.31. The summed E-state index contributed by atoms with van der Waals surface area (Å²) >= 11 is 12.2. The normalized spacial score (nSPS) is 13.5.